The molecule has 0 radical (unpaired) electrons. The summed E-state index contributed by atoms with van der Waals surface area (Å²) >= 11 is 5.91. The molecule has 1 aromatic rings. The number of rotatable bonds is 2. The summed E-state index contributed by atoms with van der Waals surface area (Å²) in [6, 6.07) is 7.96. The molecule has 0 aliphatic carbocycles. The Morgan fingerprint density at radius 2 is 1.73 bits per heavy atom. The van der Waals surface area contributed by atoms with Crippen LogP contribution in [0, 0.1) is 0 Å². The van der Waals surface area contributed by atoms with Gasteiger partial charge in [-0.2, -0.15) is 0 Å². The molecule has 0 spiro atoms. The molecule has 0 unspecified atom stereocenters. The fourth-order valence-corrected chi connectivity index (χ4v) is 3.08. The smallest absolute Gasteiger partial charge is 0.239 e. The zero-order valence-corrected chi connectivity index (χ0v) is 14.7. The molecule has 124 valence electrons. The lowest BCUT2D eigenvalue weighted by Gasteiger charge is -2.37. The van der Waals surface area contributed by atoms with Crippen molar-refractivity contribution in [3.63, 3.8) is 0 Å². The molecule has 3 rings (SSSR count). The second-order valence-corrected chi connectivity index (χ2v) is 5.87. The summed E-state index contributed by atoms with van der Waals surface area (Å²) in [7, 11) is 0. The van der Waals surface area contributed by atoms with Gasteiger partial charge in [-0.15, -0.1) is 24.8 Å². The number of carbonyl (C=O) groups excluding carboxylic acids is 1. The Balaban J connectivity index is 0.00000121. The summed E-state index contributed by atoms with van der Waals surface area (Å²) in [5, 5.41) is 4.04. The van der Waals surface area contributed by atoms with Crippen molar-refractivity contribution in [2.45, 2.75) is 18.9 Å². The summed E-state index contributed by atoms with van der Waals surface area (Å²) in [6.45, 7) is 4.36. The van der Waals surface area contributed by atoms with Crippen LogP contribution >= 0.6 is 36.4 Å². The molecule has 2 aliphatic rings. The maximum absolute atomic E-state index is 12.3. The van der Waals surface area contributed by atoms with Crippen LogP contribution < -0.4 is 10.2 Å². The topological polar surface area (TPSA) is 35.6 Å². The molecule has 1 N–H and O–H groups in total. The normalized spacial score (nSPS) is 21.0. The molecule has 1 atom stereocenters. The van der Waals surface area contributed by atoms with E-state index in [0.717, 1.165) is 50.6 Å². The van der Waals surface area contributed by atoms with E-state index >= 15 is 0 Å². The Morgan fingerprint density at radius 1 is 1.09 bits per heavy atom. The molecule has 22 heavy (non-hydrogen) atoms. The predicted molar refractivity (Wildman–Crippen MR) is 95.8 cm³/mol. The van der Waals surface area contributed by atoms with Gasteiger partial charge in [-0.25, -0.2) is 0 Å². The number of hydrogen-bond acceptors (Lipinski definition) is 3. The molecule has 0 aromatic heterocycles. The molecular weight excluding hydrogens is 345 g/mol. The van der Waals surface area contributed by atoms with E-state index in [1.807, 2.05) is 29.2 Å². The Labute approximate surface area is 149 Å². The van der Waals surface area contributed by atoms with Crippen LogP contribution in [0.1, 0.15) is 12.8 Å². The lowest BCUT2D eigenvalue weighted by molar-refractivity contribution is -0.133. The minimum absolute atomic E-state index is 0. The third-order valence-electron chi connectivity index (χ3n) is 4.14. The quantitative estimate of drug-likeness (QED) is 0.874. The highest BCUT2D eigenvalue weighted by Gasteiger charge is 2.29. The minimum atomic E-state index is 0. The van der Waals surface area contributed by atoms with Gasteiger partial charge >= 0.3 is 0 Å². The van der Waals surface area contributed by atoms with E-state index in [1.165, 1.54) is 5.69 Å². The largest absolute Gasteiger partial charge is 0.368 e. The lowest BCUT2D eigenvalue weighted by Crippen LogP contribution is -2.53. The van der Waals surface area contributed by atoms with Gasteiger partial charge in [-0.1, -0.05) is 11.6 Å². The molecule has 0 saturated carbocycles. The van der Waals surface area contributed by atoms with Gasteiger partial charge in [-0.3, -0.25) is 4.79 Å². The molecule has 1 amide bonds. The van der Waals surface area contributed by atoms with Gasteiger partial charge in [0, 0.05) is 36.9 Å². The first kappa shape index (κ1) is 19.4. The number of anilines is 1. The fraction of sp³-hybridized carbons (Fsp3) is 0.533. The highest BCUT2D eigenvalue weighted by atomic mass is 35.5. The van der Waals surface area contributed by atoms with Crippen molar-refractivity contribution in [1.29, 1.82) is 0 Å². The van der Waals surface area contributed by atoms with E-state index in [9.17, 15) is 4.79 Å². The first-order valence-electron chi connectivity index (χ1n) is 7.27. The monoisotopic (exact) mass is 365 g/mol. The Hall–Kier alpha value is -0.680. The molecule has 2 saturated heterocycles. The first-order chi connectivity index (χ1) is 9.74. The van der Waals surface area contributed by atoms with Gasteiger partial charge in [-0.05, 0) is 43.7 Å². The number of piperazine rings is 1. The number of benzene rings is 1. The van der Waals surface area contributed by atoms with Crippen molar-refractivity contribution in [3.05, 3.63) is 29.3 Å². The van der Waals surface area contributed by atoms with Gasteiger partial charge < -0.3 is 15.1 Å². The zero-order chi connectivity index (χ0) is 13.9. The molecule has 2 fully saturated rings. The van der Waals surface area contributed by atoms with E-state index in [2.05, 4.69) is 10.2 Å². The third kappa shape index (κ3) is 4.42. The standard InChI is InChI=1S/C15H20ClN3O.2ClH/c16-12-3-5-13(6-4-12)18-8-10-19(11-9-18)15(20)14-2-1-7-17-14;;/h3-6,14,17H,1-2,7-11H2;2*1H/t14-;;/m0../s1. The van der Waals surface area contributed by atoms with Crippen LogP contribution in [0.3, 0.4) is 0 Å². The maximum atomic E-state index is 12.3. The second-order valence-electron chi connectivity index (χ2n) is 5.44. The SMILES string of the molecule is Cl.Cl.O=C([C@@H]1CCCN1)N1CCN(c2ccc(Cl)cc2)CC1. The lowest BCUT2D eigenvalue weighted by atomic mass is 10.1. The molecular formula is C15H22Cl3N3O. The van der Waals surface area contributed by atoms with Crippen LogP contribution in [0.25, 0.3) is 0 Å². The van der Waals surface area contributed by atoms with E-state index in [0.29, 0.717) is 0 Å². The molecule has 0 bridgehead atoms. The van der Waals surface area contributed by atoms with Gasteiger partial charge in [0.05, 0.1) is 6.04 Å². The number of amides is 1. The molecule has 2 heterocycles. The second kappa shape index (κ2) is 8.82. The summed E-state index contributed by atoms with van der Waals surface area (Å²) in [4.78, 5) is 16.6. The number of hydrogen-bond donors (Lipinski definition) is 1. The van der Waals surface area contributed by atoms with Gasteiger partial charge in [0.2, 0.25) is 5.91 Å². The number of nitrogens with one attached hydrogen (secondary N) is 1. The van der Waals surface area contributed by atoms with Crippen LogP contribution in [0.5, 0.6) is 0 Å². The summed E-state index contributed by atoms with van der Waals surface area (Å²) in [5.74, 6) is 0.276. The number of halogens is 3. The number of nitrogens with zero attached hydrogens (tertiary/aromatic N) is 2. The van der Waals surface area contributed by atoms with Crippen molar-refractivity contribution in [2.75, 3.05) is 37.6 Å². The highest BCUT2D eigenvalue weighted by Crippen LogP contribution is 2.20. The van der Waals surface area contributed by atoms with Gasteiger partial charge in [0.1, 0.15) is 0 Å². The third-order valence-corrected chi connectivity index (χ3v) is 4.39. The average Bonchev–Trinajstić information content (AvgIpc) is 3.02. The average molecular weight is 367 g/mol. The first-order valence-corrected chi connectivity index (χ1v) is 7.64. The zero-order valence-electron chi connectivity index (χ0n) is 12.3. The van der Waals surface area contributed by atoms with Crippen molar-refractivity contribution >= 4 is 48.0 Å². The molecule has 7 heteroatoms. The Bertz CT molecular complexity index is 469. The fourth-order valence-electron chi connectivity index (χ4n) is 2.95. The van der Waals surface area contributed by atoms with Crippen molar-refractivity contribution in [2.24, 2.45) is 0 Å². The summed E-state index contributed by atoms with van der Waals surface area (Å²) in [6.07, 6.45) is 2.09. The van der Waals surface area contributed by atoms with Crippen LogP contribution in [0.2, 0.25) is 5.02 Å². The van der Waals surface area contributed by atoms with Crippen LogP contribution in [0.4, 0.5) is 5.69 Å². The van der Waals surface area contributed by atoms with E-state index in [-0.39, 0.29) is 36.8 Å². The van der Waals surface area contributed by atoms with Crippen LogP contribution in [0.15, 0.2) is 24.3 Å². The van der Waals surface area contributed by atoms with E-state index in [4.69, 9.17) is 11.6 Å². The number of carbonyl (C=O) groups is 1. The predicted octanol–water partition coefficient (Wildman–Crippen LogP) is 2.58. The van der Waals surface area contributed by atoms with Gasteiger partial charge in [0.25, 0.3) is 0 Å². The Kier molecular flexibility index (Phi) is 7.77. The van der Waals surface area contributed by atoms with Crippen molar-refractivity contribution in [3.8, 4) is 0 Å². The van der Waals surface area contributed by atoms with Crippen LogP contribution in [-0.2, 0) is 4.79 Å². The van der Waals surface area contributed by atoms with Crippen molar-refractivity contribution in [1.82, 2.24) is 10.2 Å². The summed E-state index contributed by atoms with van der Waals surface area (Å²) in [5.41, 5.74) is 1.18. The molecule has 2 aliphatic heterocycles. The van der Waals surface area contributed by atoms with Gasteiger partial charge in [0.15, 0.2) is 0 Å². The maximum Gasteiger partial charge on any atom is 0.239 e. The van der Waals surface area contributed by atoms with Crippen LogP contribution in [-0.4, -0.2) is 49.6 Å². The van der Waals surface area contributed by atoms with E-state index in [1.54, 1.807) is 0 Å². The minimum Gasteiger partial charge on any atom is -0.368 e. The Morgan fingerprint density at radius 3 is 2.27 bits per heavy atom. The van der Waals surface area contributed by atoms with E-state index < -0.39 is 0 Å². The highest BCUT2D eigenvalue weighted by molar-refractivity contribution is 6.30. The molecule has 1 aromatic carbocycles. The van der Waals surface area contributed by atoms with Crippen molar-refractivity contribution < 1.29 is 4.79 Å². The molecule has 4 nitrogen and oxygen atoms in total. The summed E-state index contributed by atoms with van der Waals surface area (Å²) < 4.78 is 0.